The molecule has 112 valence electrons. The smallest absolute Gasteiger partial charge is 0.223 e. The zero-order chi connectivity index (χ0) is 14.8. The highest BCUT2D eigenvalue weighted by Gasteiger charge is 2.12. The number of rotatable bonds is 9. The van der Waals surface area contributed by atoms with E-state index in [1.165, 1.54) is 0 Å². The van der Waals surface area contributed by atoms with Gasteiger partial charge in [0.1, 0.15) is 5.75 Å². The molecule has 0 bridgehead atoms. The van der Waals surface area contributed by atoms with Crippen LogP contribution < -0.4 is 10.1 Å². The van der Waals surface area contributed by atoms with Crippen molar-refractivity contribution in [1.82, 2.24) is 10.2 Å². The summed E-state index contributed by atoms with van der Waals surface area (Å²) in [5.74, 6) is 1.06. The van der Waals surface area contributed by atoms with Gasteiger partial charge >= 0.3 is 0 Å². The first-order chi connectivity index (χ1) is 9.63. The molecule has 0 saturated heterocycles. The Morgan fingerprint density at radius 3 is 2.70 bits per heavy atom. The van der Waals surface area contributed by atoms with Crippen molar-refractivity contribution >= 4 is 5.91 Å². The molecule has 0 spiro atoms. The molecule has 1 rings (SSSR count). The van der Waals surface area contributed by atoms with E-state index in [0.717, 1.165) is 25.3 Å². The van der Waals surface area contributed by atoms with E-state index < -0.39 is 0 Å². The van der Waals surface area contributed by atoms with Gasteiger partial charge in [-0.25, -0.2) is 0 Å². The van der Waals surface area contributed by atoms with Crippen LogP contribution in [0.2, 0.25) is 0 Å². The molecule has 1 N–H and O–H groups in total. The van der Waals surface area contributed by atoms with Crippen LogP contribution in [0, 0.1) is 0 Å². The van der Waals surface area contributed by atoms with Gasteiger partial charge in [-0.15, -0.1) is 0 Å². The van der Waals surface area contributed by atoms with Crippen molar-refractivity contribution in [3.63, 3.8) is 0 Å². The van der Waals surface area contributed by atoms with E-state index in [9.17, 15) is 4.79 Å². The fourth-order valence-electron chi connectivity index (χ4n) is 1.97. The second-order valence-electron chi connectivity index (χ2n) is 4.99. The molecular weight excluding hydrogens is 252 g/mol. The Morgan fingerprint density at radius 2 is 2.05 bits per heavy atom. The summed E-state index contributed by atoms with van der Waals surface area (Å²) in [7, 11) is 1.85. The summed E-state index contributed by atoms with van der Waals surface area (Å²) in [4.78, 5) is 13.7. The highest BCUT2D eigenvalue weighted by molar-refractivity contribution is 5.76. The monoisotopic (exact) mass is 278 g/mol. The number of nitrogens with one attached hydrogen (secondary N) is 1. The van der Waals surface area contributed by atoms with Crippen molar-refractivity contribution in [2.24, 2.45) is 0 Å². The summed E-state index contributed by atoms with van der Waals surface area (Å²) in [6.07, 6.45) is 1.39. The second kappa shape index (κ2) is 9.37. The van der Waals surface area contributed by atoms with Crippen molar-refractivity contribution in [1.29, 1.82) is 0 Å². The fourth-order valence-corrected chi connectivity index (χ4v) is 1.97. The Balaban J connectivity index is 2.16. The van der Waals surface area contributed by atoms with Gasteiger partial charge < -0.3 is 15.0 Å². The second-order valence-corrected chi connectivity index (χ2v) is 4.99. The van der Waals surface area contributed by atoms with E-state index in [-0.39, 0.29) is 11.9 Å². The van der Waals surface area contributed by atoms with Gasteiger partial charge in [-0.2, -0.15) is 0 Å². The van der Waals surface area contributed by atoms with E-state index in [4.69, 9.17) is 4.74 Å². The lowest BCUT2D eigenvalue weighted by Gasteiger charge is -2.20. The van der Waals surface area contributed by atoms with Gasteiger partial charge in [0.2, 0.25) is 5.91 Å². The standard InChI is InChI=1S/C16H26N2O2/c1-4-17-14(2)13-16(19)18(3)11-8-12-20-15-9-6-5-7-10-15/h5-7,9-10,14,17H,4,8,11-13H2,1-3H3. The maximum absolute atomic E-state index is 11.9. The number of carbonyl (C=O) groups is 1. The van der Waals surface area contributed by atoms with E-state index in [0.29, 0.717) is 13.0 Å². The van der Waals surface area contributed by atoms with E-state index >= 15 is 0 Å². The molecule has 0 aliphatic rings. The lowest BCUT2D eigenvalue weighted by molar-refractivity contribution is -0.130. The van der Waals surface area contributed by atoms with Gasteiger partial charge in [0.05, 0.1) is 6.61 Å². The average Bonchev–Trinajstić information content (AvgIpc) is 2.44. The number of nitrogens with zero attached hydrogens (tertiary/aromatic N) is 1. The molecule has 20 heavy (non-hydrogen) atoms. The minimum Gasteiger partial charge on any atom is -0.494 e. The first kappa shape index (κ1) is 16.5. The van der Waals surface area contributed by atoms with Gasteiger partial charge in [0.25, 0.3) is 0 Å². The van der Waals surface area contributed by atoms with Crippen molar-refractivity contribution in [2.75, 3.05) is 26.7 Å². The number of para-hydroxylation sites is 1. The molecule has 4 nitrogen and oxygen atoms in total. The summed E-state index contributed by atoms with van der Waals surface area (Å²) in [6.45, 7) is 6.33. The summed E-state index contributed by atoms with van der Waals surface area (Å²) in [6, 6.07) is 9.97. The Hall–Kier alpha value is -1.55. The Labute approximate surface area is 122 Å². The summed E-state index contributed by atoms with van der Waals surface area (Å²) in [5.41, 5.74) is 0. The molecule has 0 aromatic heterocycles. The topological polar surface area (TPSA) is 41.6 Å². The van der Waals surface area contributed by atoms with E-state index in [1.54, 1.807) is 4.90 Å². The molecule has 0 heterocycles. The van der Waals surface area contributed by atoms with Crippen LogP contribution in [0.15, 0.2) is 30.3 Å². The third-order valence-electron chi connectivity index (χ3n) is 3.11. The number of ether oxygens (including phenoxy) is 1. The van der Waals surface area contributed by atoms with Crippen LogP contribution in [0.3, 0.4) is 0 Å². The molecule has 1 atom stereocenters. The minimum absolute atomic E-state index is 0.179. The van der Waals surface area contributed by atoms with Crippen LogP contribution in [0.4, 0.5) is 0 Å². The van der Waals surface area contributed by atoms with Crippen molar-refractivity contribution in [3.05, 3.63) is 30.3 Å². The van der Waals surface area contributed by atoms with Crippen LogP contribution in [0.25, 0.3) is 0 Å². The van der Waals surface area contributed by atoms with Crippen LogP contribution >= 0.6 is 0 Å². The zero-order valence-electron chi connectivity index (χ0n) is 12.8. The highest BCUT2D eigenvalue weighted by Crippen LogP contribution is 2.08. The Kier molecular flexibility index (Phi) is 7.73. The molecule has 0 saturated carbocycles. The van der Waals surface area contributed by atoms with Crippen LogP contribution in [0.5, 0.6) is 5.75 Å². The van der Waals surface area contributed by atoms with Gasteiger partial charge in [0.15, 0.2) is 0 Å². The van der Waals surface area contributed by atoms with Crippen molar-refractivity contribution in [2.45, 2.75) is 32.7 Å². The van der Waals surface area contributed by atoms with E-state index in [2.05, 4.69) is 5.32 Å². The number of amides is 1. The Morgan fingerprint density at radius 1 is 1.35 bits per heavy atom. The molecule has 0 aliphatic heterocycles. The third-order valence-corrected chi connectivity index (χ3v) is 3.11. The molecule has 0 aliphatic carbocycles. The summed E-state index contributed by atoms with van der Waals surface area (Å²) >= 11 is 0. The minimum atomic E-state index is 0.179. The molecule has 1 unspecified atom stereocenters. The maximum atomic E-state index is 11.9. The molecule has 4 heteroatoms. The van der Waals surface area contributed by atoms with E-state index in [1.807, 2.05) is 51.2 Å². The lowest BCUT2D eigenvalue weighted by Crippen LogP contribution is -2.35. The largest absolute Gasteiger partial charge is 0.494 e. The highest BCUT2D eigenvalue weighted by atomic mass is 16.5. The molecule has 1 amide bonds. The normalized spacial score (nSPS) is 11.9. The molecule has 1 aromatic rings. The summed E-state index contributed by atoms with van der Waals surface area (Å²) in [5, 5.41) is 3.25. The van der Waals surface area contributed by atoms with Crippen LogP contribution in [-0.2, 0) is 4.79 Å². The Bertz CT molecular complexity index is 381. The van der Waals surface area contributed by atoms with Crippen molar-refractivity contribution < 1.29 is 9.53 Å². The quantitative estimate of drug-likeness (QED) is 0.705. The molecule has 1 aromatic carbocycles. The predicted molar refractivity (Wildman–Crippen MR) is 81.9 cm³/mol. The number of benzene rings is 1. The van der Waals surface area contributed by atoms with Crippen LogP contribution in [0.1, 0.15) is 26.7 Å². The molecule has 0 fully saturated rings. The van der Waals surface area contributed by atoms with Gasteiger partial charge in [-0.3, -0.25) is 4.79 Å². The predicted octanol–water partition coefficient (Wildman–Crippen LogP) is 2.30. The maximum Gasteiger partial charge on any atom is 0.223 e. The summed E-state index contributed by atoms with van der Waals surface area (Å²) < 4.78 is 5.61. The van der Waals surface area contributed by atoms with Crippen LogP contribution in [-0.4, -0.2) is 43.6 Å². The number of hydrogen-bond acceptors (Lipinski definition) is 3. The SMILES string of the molecule is CCNC(C)CC(=O)N(C)CCCOc1ccccc1. The van der Waals surface area contributed by atoms with Crippen molar-refractivity contribution in [3.8, 4) is 5.75 Å². The lowest BCUT2D eigenvalue weighted by atomic mass is 10.2. The van der Waals surface area contributed by atoms with Gasteiger partial charge in [-0.1, -0.05) is 25.1 Å². The zero-order valence-corrected chi connectivity index (χ0v) is 12.8. The number of carbonyl (C=O) groups excluding carboxylic acids is 1. The number of hydrogen-bond donors (Lipinski definition) is 1. The first-order valence-corrected chi connectivity index (χ1v) is 7.28. The molecule has 0 radical (unpaired) electrons. The van der Waals surface area contributed by atoms with Gasteiger partial charge in [0, 0.05) is 26.1 Å². The average molecular weight is 278 g/mol. The molecular formula is C16H26N2O2. The van der Waals surface area contributed by atoms with Gasteiger partial charge in [-0.05, 0) is 32.0 Å². The third kappa shape index (κ3) is 6.57. The fraction of sp³-hybridized carbons (Fsp3) is 0.562. The first-order valence-electron chi connectivity index (χ1n) is 7.28.